The summed E-state index contributed by atoms with van der Waals surface area (Å²) in [4.78, 5) is 41.1. The van der Waals surface area contributed by atoms with Gasteiger partial charge in [0.15, 0.2) is 11.5 Å². The summed E-state index contributed by atoms with van der Waals surface area (Å²) < 4.78 is 16.0. The zero-order chi connectivity index (χ0) is 26.1. The molecule has 2 N–H and O–H groups in total. The number of piperidine rings is 1. The Bertz CT molecular complexity index is 1410. The van der Waals surface area contributed by atoms with Crippen LogP contribution in [0, 0.1) is 5.82 Å². The summed E-state index contributed by atoms with van der Waals surface area (Å²) >= 11 is 0. The van der Waals surface area contributed by atoms with Crippen molar-refractivity contribution in [3.63, 3.8) is 0 Å². The molecule has 0 spiro atoms. The number of hydrogen-bond donors (Lipinski definition) is 1. The minimum Gasteiger partial charge on any atom is -0.368 e. The predicted octanol–water partition coefficient (Wildman–Crippen LogP) is 2.58. The number of carbonyl (C=O) groups is 1. The molecule has 0 radical (unpaired) electrons. The van der Waals surface area contributed by atoms with Crippen molar-refractivity contribution in [1.29, 1.82) is 0 Å². The molecule has 2 aliphatic heterocycles. The number of imidazole rings is 1. The highest BCUT2D eigenvalue weighted by atomic mass is 19.1. The van der Waals surface area contributed by atoms with Crippen LogP contribution in [0.25, 0.3) is 22.7 Å². The number of carbonyl (C=O) groups excluding carboxylic acids is 1. The van der Waals surface area contributed by atoms with Crippen LogP contribution in [0.3, 0.4) is 0 Å². The first-order valence-corrected chi connectivity index (χ1v) is 12.8. The average Bonchev–Trinajstić information content (AvgIpc) is 3.33. The summed E-state index contributed by atoms with van der Waals surface area (Å²) in [5.74, 6) is 0.524. The third-order valence-corrected chi connectivity index (χ3v) is 7.27. The highest BCUT2D eigenvalue weighted by Crippen LogP contribution is 2.32. The molecule has 0 unspecified atom stereocenters. The van der Waals surface area contributed by atoms with Crippen LogP contribution in [0.15, 0.2) is 49.1 Å². The van der Waals surface area contributed by atoms with Crippen molar-refractivity contribution in [2.24, 2.45) is 0 Å². The number of nitrogen functional groups attached to an aromatic ring is 1. The Labute approximate surface area is 219 Å². The topological polar surface area (TPSA) is 122 Å². The standard InChI is InChI=1S/C26H29FN10O/c27-19-13-22-23(30-16-19)37(24(33-22)21-3-1-2-6-29-21)20-4-7-35(8-5-20)26(38)36-11-9-34(10-12-36)17-18-14-31-25(28)32-15-18/h1-3,6,13-16,20H,4-5,7-12,17H2,(H2,28,31,32). The molecule has 0 aromatic carbocycles. The number of urea groups is 1. The second-order valence-corrected chi connectivity index (χ2v) is 9.73. The summed E-state index contributed by atoms with van der Waals surface area (Å²) in [6.07, 6.45) is 7.96. The van der Waals surface area contributed by atoms with Crippen LogP contribution in [0.4, 0.5) is 15.1 Å². The van der Waals surface area contributed by atoms with Gasteiger partial charge in [-0.2, -0.15) is 0 Å². The molecule has 2 aliphatic rings. The van der Waals surface area contributed by atoms with E-state index in [1.54, 1.807) is 18.6 Å². The van der Waals surface area contributed by atoms with Crippen LogP contribution in [0.2, 0.25) is 0 Å². The molecule has 12 heteroatoms. The van der Waals surface area contributed by atoms with Gasteiger partial charge in [0.1, 0.15) is 17.0 Å². The maximum absolute atomic E-state index is 13.9. The number of hydrogen-bond acceptors (Lipinski definition) is 8. The number of fused-ring (bicyclic) bond motifs is 1. The monoisotopic (exact) mass is 516 g/mol. The van der Waals surface area contributed by atoms with E-state index < -0.39 is 5.82 Å². The Morgan fingerprint density at radius 2 is 1.68 bits per heavy atom. The summed E-state index contributed by atoms with van der Waals surface area (Å²) in [6.45, 7) is 4.96. The van der Waals surface area contributed by atoms with Crippen LogP contribution in [-0.2, 0) is 6.54 Å². The van der Waals surface area contributed by atoms with Gasteiger partial charge in [-0.1, -0.05) is 6.07 Å². The van der Waals surface area contributed by atoms with E-state index in [2.05, 4.69) is 34.4 Å². The maximum atomic E-state index is 13.9. The van der Waals surface area contributed by atoms with Gasteiger partial charge in [-0.3, -0.25) is 9.88 Å². The smallest absolute Gasteiger partial charge is 0.320 e. The summed E-state index contributed by atoms with van der Waals surface area (Å²) in [5, 5.41) is 0. The van der Waals surface area contributed by atoms with Crippen LogP contribution in [0.5, 0.6) is 0 Å². The van der Waals surface area contributed by atoms with Crippen molar-refractivity contribution in [3.8, 4) is 11.5 Å². The van der Waals surface area contributed by atoms with E-state index in [9.17, 15) is 9.18 Å². The first-order valence-electron chi connectivity index (χ1n) is 12.8. The molecular formula is C26H29FN10O. The fraction of sp³-hybridized carbons (Fsp3) is 0.385. The predicted molar refractivity (Wildman–Crippen MR) is 139 cm³/mol. The van der Waals surface area contributed by atoms with Crippen molar-refractivity contribution < 1.29 is 9.18 Å². The molecule has 2 saturated heterocycles. The normalized spacial score (nSPS) is 17.3. The molecule has 6 rings (SSSR count). The van der Waals surface area contributed by atoms with Crippen LogP contribution in [-0.4, -0.2) is 89.5 Å². The Kier molecular flexibility index (Phi) is 6.54. The van der Waals surface area contributed by atoms with Crippen molar-refractivity contribution >= 4 is 23.1 Å². The van der Waals surface area contributed by atoms with Gasteiger partial charge in [-0.15, -0.1) is 0 Å². The van der Waals surface area contributed by atoms with E-state index in [1.807, 2.05) is 28.0 Å². The summed E-state index contributed by atoms with van der Waals surface area (Å²) in [5.41, 5.74) is 8.44. The number of nitrogens with two attached hydrogens (primary N) is 1. The third kappa shape index (κ3) is 4.86. The number of piperazine rings is 1. The molecule has 2 fully saturated rings. The number of likely N-dealkylation sites (tertiary alicyclic amines) is 1. The number of amides is 2. The van der Waals surface area contributed by atoms with Crippen molar-refractivity contribution in [1.82, 2.24) is 44.2 Å². The fourth-order valence-corrected chi connectivity index (χ4v) is 5.30. The lowest BCUT2D eigenvalue weighted by atomic mass is 10.0. The first-order chi connectivity index (χ1) is 18.5. The molecule has 0 saturated carbocycles. The largest absolute Gasteiger partial charge is 0.368 e. The Hall–Kier alpha value is -4.19. The molecular weight excluding hydrogens is 487 g/mol. The van der Waals surface area contributed by atoms with Gasteiger partial charge in [0, 0.05) is 82.1 Å². The van der Waals surface area contributed by atoms with Gasteiger partial charge in [0.2, 0.25) is 5.95 Å². The average molecular weight is 517 g/mol. The van der Waals surface area contributed by atoms with Crippen LogP contribution in [0.1, 0.15) is 24.4 Å². The highest BCUT2D eigenvalue weighted by Gasteiger charge is 2.31. The second kappa shape index (κ2) is 10.3. The number of pyridine rings is 2. The molecule has 0 bridgehead atoms. The number of anilines is 1. The molecule has 6 heterocycles. The molecule has 2 amide bonds. The molecule has 0 aliphatic carbocycles. The number of aromatic nitrogens is 6. The SMILES string of the molecule is Nc1ncc(CN2CCN(C(=O)N3CCC(n4c(-c5ccccn5)nc5cc(F)cnc54)CC3)CC2)cn1. The molecule has 4 aromatic rings. The lowest BCUT2D eigenvalue weighted by Crippen LogP contribution is -2.53. The Morgan fingerprint density at radius 3 is 2.39 bits per heavy atom. The zero-order valence-electron chi connectivity index (χ0n) is 20.9. The summed E-state index contributed by atoms with van der Waals surface area (Å²) in [7, 11) is 0. The van der Waals surface area contributed by atoms with E-state index in [0.29, 0.717) is 48.9 Å². The quantitative estimate of drug-likeness (QED) is 0.439. The molecule has 38 heavy (non-hydrogen) atoms. The lowest BCUT2D eigenvalue weighted by Gasteiger charge is -2.40. The van der Waals surface area contributed by atoms with Gasteiger partial charge in [-0.05, 0) is 25.0 Å². The van der Waals surface area contributed by atoms with E-state index in [1.165, 1.54) is 12.3 Å². The van der Waals surface area contributed by atoms with Crippen LogP contribution >= 0.6 is 0 Å². The van der Waals surface area contributed by atoms with Gasteiger partial charge < -0.3 is 20.1 Å². The van der Waals surface area contributed by atoms with E-state index in [4.69, 9.17) is 5.73 Å². The van der Waals surface area contributed by atoms with Crippen molar-refractivity contribution in [2.75, 3.05) is 45.0 Å². The van der Waals surface area contributed by atoms with Crippen molar-refractivity contribution in [3.05, 3.63) is 60.4 Å². The van der Waals surface area contributed by atoms with Gasteiger partial charge in [0.25, 0.3) is 0 Å². The molecule has 0 atom stereocenters. The van der Waals surface area contributed by atoms with Gasteiger partial charge in [0.05, 0.1) is 6.20 Å². The summed E-state index contributed by atoms with van der Waals surface area (Å²) in [6, 6.07) is 7.23. The zero-order valence-corrected chi connectivity index (χ0v) is 20.9. The molecule has 11 nitrogen and oxygen atoms in total. The number of rotatable bonds is 4. The molecule has 4 aromatic heterocycles. The molecule has 196 valence electrons. The Balaban J connectivity index is 1.10. The Morgan fingerprint density at radius 1 is 0.947 bits per heavy atom. The van der Waals surface area contributed by atoms with E-state index >= 15 is 0 Å². The van der Waals surface area contributed by atoms with E-state index in [0.717, 1.165) is 38.0 Å². The van der Waals surface area contributed by atoms with E-state index in [-0.39, 0.29) is 18.0 Å². The maximum Gasteiger partial charge on any atom is 0.320 e. The van der Waals surface area contributed by atoms with Crippen molar-refractivity contribution in [2.45, 2.75) is 25.4 Å². The number of nitrogens with zero attached hydrogens (tertiary/aromatic N) is 9. The van der Waals surface area contributed by atoms with Crippen LogP contribution < -0.4 is 5.73 Å². The third-order valence-electron chi connectivity index (χ3n) is 7.27. The minimum absolute atomic E-state index is 0.0815. The minimum atomic E-state index is -0.419. The number of halogens is 1. The van der Waals surface area contributed by atoms with Gasteiger partial charge in [-0.25, -0.2) is 29.1 Å². The second-order valence-electron chi connectivity index (χ2n) is 9.73. The fourth-order valence-electron chi connectivity index (χ4n) is 5.30. The highest BCUT2D eigenvalue weighted by molar-refractivity contribution is 5.77. The first kappa shape index (κ1) is 24.2. The van der Waals surface area contributed by atoms with Gasteiger partial charge >= 0.3 is 6.03 Å². The lowest BCUT2D eigenvalue weighted by molar-refractivity contribution is 0.0996.